The van der Waals surface area contributed by atoms with E-state index in [1.807, 2.05) is 12.1 Å². The Kier molecular flexibility index (Phi) is 3.06. The molecule has 0 bridgehead atoms. The van der Waals surface area contributed by atoms with Crippen molar-refractivity contribution in [2.75, 3.05) is 14.2 Å². The van der Waals surface area contributed by atoms with Gasteiger partial charge in [-0.15, -0.1) is 0 Å². The lowest BCUT2D eigenvalue weighted by atomic mass is 10.1. The summed E-state index contributed by atoms with van der Waals surface area (Å²) in [4.78, 5) is 0. The van der Waals surface area contributed by atoms with Crippen LogP contribution in [0.25, 0.3) is 0 Å². The van der Waals surface area contributed by atoms with Crippen LogP contribution in [0.1, 0.15) is 24.8 Å². The first-order valence-electron chi connectivity index (χ1n) is 5.65. The van der Waals surface area contributed by atoms with Crippen LogP contribution in [0.5, 0.6) is 11.5 Å². The van der Waals surface area contributed by atoms with E-state index in [9.17, 15) is 0 Å². The van der Waals surface area contributed by atoms with Crippen LogP contribution in [0, 0.1) is 5.92 Å². The van der Waals surface area contributed by atoms with E-state index in [-0.39, 0.29) is 6.04 Å². The largest absolute Gasteiger partial charge is 0.497 e. The van der Waals surface area contributed by atoms with Crippen molar-refractivity contribution in [2.24, 2.45) is 11.7 Å². The van der Waals surface area contributed by atoms with Crippen LogP contribution in [0.3, 0.4) is 0 Å². The summed E-state index contributed by atoms with van der Waals surface area (Å²) in [6, 6.07) is 6.20. The van der Waals surface area contributed by atoms with Gasteiger partial charge < -0.3 is 15.2 Å². The summed E-state index contributed by atoms with van der Waals surface area (Å²) in [5.41, 5.74) is 7.14. The van der Waals surface area contributed by atoms with Gasteiger partial charge in [-0.1, -0.05) is 0 Å². The van der Waals surface area contributed by atoms with Gasteiger partial charge in [0.05, 0.1) is 14.2 Å². The number of rotatable bonds is 4. The molecule has 0 saturated heterocycles. The predicted molar refractivity (Wildman–Crippen MR) is 64.0 cm³/mol. The Labute approximate surface area is 96.5 Å². The third-order valence-electron chi connectivity index (χ3n) is 3.35. The van der Waals surface area contributed by atoms with Gasteiger partial charge in [0.1, 0.15) is 11.5 Å². The number of benzene rings is 1. The standard InChI is InChI=1S/C13H19NO2/c1-8(14)10-7-11(10)12-6-9(15-2)4-5-13(12)16-3/h4-6,8,10-11H,7,14H2,1-3H3/t8-,10+,11-/m0/s1. The van der Waals surface area contributed by atoms with E-state index in [0.29, 0.717) is 11.8 Å². The maximum absolute atomic E-state index is 5.92. The lowest BCUT2D eigenvalue weighted by Gasteiger charge is -2.11. The van der Waals surface area contributed by atoms with Crippen LogP contribution < -0.4 is 15.2 Å². The fourth-order valence-electron chi connectivity index (χ4n) is 2.28. The average Bonchev–Trinajstić information content (AvgIpc) is 3.08. The first kappa shape index (κ1) is 11.3. The molecule has 3 atom stereocenters. The molecule has 0 heterocycles. The zero-order chi connectivity index (χ0) is 11.7. The normalized spacial score (nSPS) is 25.0. The molecule has 1 aromatic rings. The second kappa shape index (κ2) is 4.34. The summed E-state index contributed by atoms with van der Waals surface area (Å²) in [5.74, 6) is 2.94. The maximum atomic E-state index is 5.92. The molecule has 0 unspecified atom stereocenters. The minimum absolute atomic E-state index is 0.251. The van der Waals surface area contributed by atoms with Gasteiger partial charge in [-0.3, -0.25) is 0 Å². The highest BCUT2D eigenvalue weighted by Crippen LogP contribution is 2.52. The SMILES string of the molecule is COc1ccc(OC)c([C@H]2C[C@@H]2[C@H](C)N)c1. The summed E-state index contributed by atoms with van der Waals surface area (Å²) in [5, 5.41) is 0. The first-order valence-corrected chi connectivity index (χ1v) is 5.65. The molecule has 1 saturated carbocycles. The van der Waals surface area contributed by atoms with Crippen LogP contribution in [0.2, 0.25) is 0 Å². The van der Waals surface area contributed by atoms with E-state index >= 15 is 0 Å². The van der Waals surface area contributed by atoms with Gasteiger partial charge in [0, 0.05) is 11.6 Å². The molecule has 2 N–H and O–H groups in total. The Morgan fingerprint density at radius 3 is 2.56 bits per heavy atom. The molecule has 0 aliphatic heterocycles. The molecule has 1 aliphatic rings. The van der Waals surface area contributed by atoms with E-state index in [1.165, 1.54) is 5.56 Å². The third kappa shape index (κ3) is 2.00. The number of hydrogen-bond acceptors (Lipinski definition) is 3. The van der Waals surface area contributed by atoms with Crippen LogP contribution in [0.15, 0.2) is 18.2 Å². The van der Waals surface area contributed by atoms with Crippen molar-refractivity contribution in [1.82, 2.24) is 0 Å². The van der Waals surface area contributed by atoms with Crippen LogP contribution in [0.4, 0.5) is 0 Å². The average molecular weight is 221 g/mol. The minimum atomic E-state index is 0.251. The number of nitrogens with two attached hydrogens (primary N) is 1. The van der Waals surface area contributed by atoms with Crippen molar-refractivity contribution in [3.63, 3.8) is 0 Å². The van der Waals surface area contributed by atoms with Crippen molar-refractivity contribution in [3.05, 3.63) is 23.8 Å². The van der Waals surface area contributed by atoms with Crippen molar-refractivity contribution in [1.29, 1.82) is 0 Å². The smallest absolute Gasteiger partial charge is 0.122 e. The molecule has 0 aromatic heterocycles. The van der Waals surface area contributed by atoms with Crippen LogP contribution >= 0.6 is 0 Å². The molecular weight excluding hydrogens is 202 g/mol. The number of methoxy groups -OCH3 is 2. The molecule has 1 aliphatic carbocycles. The predicted octanol–water partition coefficient (Wildman–Crippen LogP) is 2.15. The quantitative estimate of drug-likeness (QED) is 0.847. The second-order valence-electron chi connectivity index (χ2n) is 4.47. The number of hydrogen-bond donors (Lipinski definition) is 1. The zero-order valence-corrected chi connectivity index (χ0v) is 10.1. The molecule has 2 rings (SSSR count). The van der Waals surface area contributed by atoms with Gasteiger partial charge in [-0.05, 0) is 43.4 Å². The van der Waals surface area contributed by atoms with Gasteiger partial charge >= 0.3 is 0 Å². The Hall–Kier alpha value is -1.22. The van der Waals surface area contributed by atoms with Gasteiger partial charge in [0.2, 0.25) is 0 Å². The highest BCUT2D eigenvalue weighted by atomic mass is 16.5. The van der Waals surface area contributed by atoms with Gasteiger partial charge in [-0.25, -0.2) is 0 Å². The second-order valence-corrected chi connectivity index (χ2v) is 4.47. The Morgan fingerprint density at radius 1 is 1.31 bits per heavy atom. The Bertz CT molecular complexity index is 376. The fourth-order valence-corrected chi connectivity index (χ4v) is 2.28. The molecule has 3 nitrogen and oxygen atoms in total. The molecule has 0 amide bonds. The minimum Gasteiger partial charge on any atom is -0.497 e. The molecular formula is C13H19NO2. The molecule has 1 fully saturated rings. The van der Waals surface area contributed by atoms with Gasteiger partial charge in [-0.2, -0.15) is 0 Å². The topological polar surface area (TPSA) is 44.5 Å². The van der Waals surface area contributed by atoms with Crippen molar-refractivity contribution >= 4 is 0 Å². The number of ether oxygens (including phenoxy) is 2. The lowest BCUT2D eigenvalue weighted by Crippen LogP contribution is -2.18. The van der Waals surface area contributed by atoms with E-state index in [4.69, 9.17) is 15.2 Å². The van der Waals surface area contributed by atoms with Gasteiger partial charge in [0.25, 0.3) is 0 Å². The molecule has 1 aromatic carbocycles. The Balaban J connectivity index is 2.25. The van der Waals surface area contributed by atoms with Crippen LogP contribution in [-0.2, 0) is 0 Å². The summed E-state index contributed by atoms with van der Waals surface area (Å²) in [7, 11) is 3.39. The van der Waals surface area contributed by atoms with Gasteiger partial charge in [0.15, 0.2) is 0 Å². The summed E-state index contributed by atoms with van der Waals surface area (Å²) in [6.07, 6.45) is 1.15. The fraction of sp³-hybridized carbons (Fsp3) is 0.538. The molecule has 0 spiro atoms. The molecule has 88 valence electrons. The molecule has 0 radical (unpaired) electrons. The van der Waals surface area contributed by atoms with E-state index < -0.39 is 0 Å². The maximum Gasteiger partial charge on any atom is 0.122 e. The van der Waals surface area contributed by atoms with Crippen molar-refractivity contribution < 1.29 is 9.47 Å². The zero-order valence-electron chi connectivity index (χ0n) is 10.1. The van der Waals surface area contributed by atoms with Crippen molar-refractivity contribution in [2.45, 2.75) is 25.3 Å². The summed E-state index contributed by atoms with van der Waals surface area (Å²) >= 11 is 0. The molecule has 16 heavy (non-hydrogen) atoms. The van der Waals surface area contributed by atoms with E-state index in [2.05, 4.69) is 13.0 Å². The van der Waals surface area contributed by atoms with E-state index in [1.54, 1.807) is 14.2 Å². The highest BCUT2D eigenvalue weighted by molar-refractivity contribution is 5.45. The molecule has 3 heteroatoms. The first-order chi connectivity index (χ1) is 7.67. The lowest BCUT2D eigenvalue weighted by molar-refractivity contribution is 0.398. The Morgan fingerprint density at radius 2 is 2.06 bits per heavy atom. The third-order valence-corrected chi connectivity index (χ3v) is 3.35. The van der Waals surface area contributed by atoms with Crippen LogP contribution in [-0.4, -0.2) is 20.3 Å². The highest BCUT2D eigenvalue weighted by Gasteiger charge is 2.42. The summed E-state index contributed by atoms with van der Waals surface area (Å²) in [6.45, 7) is 2.07. The summed E-state index contributed by atoms with van der Waals surface area (Å²) < 4.78 is 10.6. The van der Waals surface area contributed by atoms with Crippen molar-refractivity contribution in [3.8, 4) is 11.5 Å². The monoisotopic (exact) mass is 221 g/mol. The van der Waals surface area contributed by atoms with E-state index in [0.717, 1.165) is 17.9 Å².